The molecule has 2 fully saturated rings. The van der Waals surface area contributed by atoms with Crippen LogP contribution in [0, 0.1) is 23.2 Å². The van der Waals surface area contributed by atoms with Crippen molar-refractivity contribution in [2.45, 2.75) is 44.4 Å². The summed E-state index contributed by atoms with van der Waals surface area (Å²) in [6.07, 6.45) is 10.6. The molecule has 5 aromatic carbocycles. The van der Waals surface area contributed by atoms with Crippen molar-refractivity contribution in [1.82, 2.24) is 24.5 Å². The average molecular weight is 699 g/mol. The maximum Gasteiger partial charge on any atom is 0.238 e. The summed E-state index contributed by atoms with van der Waals surface area (Å²) in [5.41, 5.74) is 10.6. The molecule has 2 aliphatic carbocycles. The molecule has 3 atom stereocenters. The van der Waals surface area contributed by atoms with Crippen LogP contribution in [0.25, 0.3) is 72.8 Å². The van der Waals surface area contributed by atoms with Crippen LogP contribution in [-0.2, 0) is 5.41 Å². The zero-order chi connectivity index (χ0) is 36.2. The van der Waals surface area contributed by atoms with Crippen molar-refractivity contribution < 1.29 is 0 Å². The van der Waals surface area contributed by atoms with E-state index in [0.29, 0.717) is 23.2 Å². The summed E-state index contributed by atoms with van der Waals surface area (Å²) < 4.78 is 2.12. The van der Waals surface area contributed by atoms with Crippen LogP contribution in [0.3, 0.4) is 0 Å². The number of hydrogen-bond acceptors (Lipinski definition) is 5. The molecule has 2 bridgehead atoms. The predicted molar refractivity (Wildman–Crippen MR) is 216 cm³/mol. The first-order chi connectivity index (χ1) is 26.5. The molecule has 6 nitrogen and oxygen atoms in total. The van der Waals surface area contributed by atoms with Gasteiger partial charge < -0.3 is 0 Å². The Morgan fingerprint density at radius 1 is 0.611 bits per heavy atom. The molecule has 3 heterocycles. The molecule has 3 aromatic heterocycles. The van der Waals surface area contributed by atoms with E-state index in [2.05, 4.69) is 114 Å². The molecule has 0 aliphatic heterocycles. The molecule has 10 rings (SSSR count). The van der Waals surface area contributed by atoms with Gasteiger partial charge >= 0.3 is 0 Å². The third-order valence-corrected chi connectivity index (χ3v) is 12.0. The number of pyridine rings is 1. The summed E-state index contributed by atoms with van der Waals surface area (Å²) in [7, 11) is 0. The highest BCUT2D eigenvalue weighted by atomic mass is 15.2. The van der Waals surface area contributed by atoms with Crippen molar-refractivity contribution in [3.8, 4) is 57.0 Å². The zero-order valence-corrected chi connectivity index (χ0v) is 30.2. The minimum atomic E-state index is 0.283. The summed E-state index contributed by atoms with van der Waals surface area (Å²) in [6.45, 7) is 2.48. The maximum absolute atomic E-state index is 9.48. The van der Waals surface area contributed by atoms with Gasteiger partial charge in [0.1, 0.15) is 0 Å². The number of nitrogens with zero attached hydrogens (tertiary/aromatic N) is 6. The van der Waals surface area contributed by atoms with Gasteiger partial charge in [0, 0.05) is 34.3 Å². The number of fused-ring (bicyclic) bond motifs is 5. The quantitative estimate of drug-likeness (QED) is 0.173. The van der Waals surface area contributed by atoms with E-state index in [-0.39, 0.29) is 5.41 Å². The van der Waals surface area contributed by atoms with E-state index in [1.54, 1.807) is 12.1 Å². The van der Waals surface area contributed by atoms with Crippen molar-refractivity contribution in [2.75, 3.05) is 0 Å². The van der Waals surface area contributed by atoms with Crippen molar-refractivity contribution in [1.29, 1.82) is 5.26 Å². The molecule has 0 N–H and O–H groups in total. The van der Waals surface area contributed by atoms with E-state index >= 15 is 0 Å². The lowest BCUT2D eigenvalue weighted by Crippen LogP contribution is -2.30. The zero-order valence-electron chi connectivity index (χ0n) is 30.2. The van der Waals surface area contributed by atoms with E-state index in [1.807, 2.05) is 36.7 Å². The van der Waals surface area contributed by atoms with Gasteiger partial charge in [0.25, 0.3) is 0 Å². The molecule has 8 aromatic rings. The lowest BCUT2D eigenvalue weighted by Gasteiger charge is -2.38. The molecule has 0 saturated heterocycles. The number of rotatable bonds is 6. The van der Waals surface area contributed by atoms with Crippen LogP contribution in [0.2, 0.25) is 0 Å². The second kappa shape index (κ2) is 12.9. The Hall–Kier alpha value is -6.45. The van der Waals surface area contributed by atoms with E-state index in [0.717, 1.165) is 61.5 Å². The number of nitriles is 1. The first kappa shape index (κ1) is 32.2. The van der Waals surface area contributed by atoms with Gasteiger partial charge in [-0.05, 0) is 101 Å². The van der Waals surface area contributed by atoms with Gasteiger partial charge in [-0.15, -0.1) is 0 Å². The maximum atomic E-state index is 9.48. The Morgan fingerprint density at radius 2 is 1.20 bits per heavy atom. The third kappa shape index (κ3) is 5.64. The monoisotopic (exact) mass is 698 g/mol. The molecule has 0 amide bonds. The van der Waals surface area contributed by atoms with Crippen LogP contribution in [0.1, 0.15) is 50.2 Å². The van der Waals surface area contributed by atoms with Crippen molar-refractivity contribution in [3.63, 3.8) is 0 Å². The topological polar surface area (TPSA) is 80.3 Å². The van der Waals surface area contributed by atoms with Gasteiger partial charge in [-0.2, -0.15) is 15.2 Å². The first-order valence-electron chi connectivity index (χ1n) is 18.9. The Morgan fingerprint density at radius 3 is 1.87 bits per heavy atom. The van der Waals surface area contributed by atoms with Crippen LogP contribution in [0.4, 0.5) is 0 Å². The van der Waals surface area contributed by atoms with Gasteiger partial charge in [0.2, 0.25) is 5.95 Å². The second-order valence-corrected chi connectivity index (χ2v) is 15.5. The Labute approximate surface area is 314 Å². The minimum absolute atomic E-state index is 0.283. The lowest BCUT2D eigenvalue weighted by molar-refractivity contribution is 0.232. The van der Waals surface area contributed by atoms with Gasteiger partial charge in [0.15, 0.2) is 11.6 Å². The Kier molecular flexibility index (Phi) is 7.69. The van der Waals surface area contributed by atoms with Crippen LogP contribution in [0.5, 0.6) is 0 Å². The van der Waals surface area contributed by atoms with E-state index in [4.69, 9.17) is 15.0 Å². The summed E-state index contributed by atoms with van der Waals surface area (Å²) >= 11 is 0. The molecule has 260 valence electrons. The molecular formula is C48H38N6. The Bertz CT molecular complexity index is 2690. The molecule has 1 unspecified atom stereocenters. The molecule has 0 radical (unpaired) electrons. The molecule has 54 heavy (non-hydrogen) atoms. The van der Waals surface area contributed by atoms with Gasteiger partial charge in [0.05, 0.1) is 22.7 Å². The standard InChI is InChI=1S/C48H38N6/c1-48(27-32-7-8-33(25-32)28-48)40-20-17-36(18-21-40)35-13-15-38(16-14-35)46-51-45(37-11-9-31(29-49)10-12-37)52-47(53-46)54-43-23-24-50-30-42(43)41-22-19-39(26-44(41)54)34-5-3-2-4-6-34/h2-6,9-24,26,30,32-33H,7-8,25,27-28H2,1H3/t32-,33+,48?. The predicted octanol–water partition coefficient (Wildman–Crippen LogP) is 11.4. The highest BCUT2D eigenvalue weighted by Gasteiger charge is 2.41. The van der Waals surface area contributed by atoms with Gasteiger partial charge in [-0.1, -0.05) is 111 Å². The fraction of sp³-hybridized carbons (Fsp3) is 0.188. The highest BCUT2D eigenvalue weighted by molar-refractivity contribution is 6.09. The van der Waals surface area contributed by atoms with Crippen LogP contribution in [-0.4, -0.2) is 24.5 Å². The number of hydrogen-bond donors (Lipinski definition) is 0. The van der Waals surface area contributed by atoms with Gasteiger partial charge in [-0.3, -0.25) is 9.55 Å². The lowest BCUT2D eigenvalue weighted by atomic mass is 9.66. The Balaban J connectivity index is 1.07. The summed E-state index contributed by atoms with van der Waals surface area (Å²) in [4.78, 5) is 19.8. The largest absolute Gasteiger partial charge is 0.278 e. The summed E-state index contributed by atoms with van der Waals surface area (Å²) in [6, 6.07) is 46.4. The molecule has 2 aliphatic rings. The van der Waals surface area contributed by atoms with Crippen molar-refractivity contribution in [3.05, 3.63) is 151 Å². The van der Waals surface area contributed by atoms with Gasteiger partial charge in [-0.25, -0.2) is 4.98 Å². The van der Waals surface area contributed by atoms with Crippen molar-refractivity contribution in [2.24, 2.45) is 11.8 Å². The third-order valence-electron chi connectivity index (χ3n) is 12.0. The van der Waals surface area contributed by atoms with E-state index in [9.17, 15) is 5.26 Å². The minimum Gasteiger partial charge on any atom is -0.278 e. The van der Waals surface area contributed by atoms with Crippen molar-refractivity contribution >= 4 is 21.8 Å². The molecule has 2 saturated carbocycles. The number of benzene rings is 5. The normalized spacial score (nSPS) is 19.3. The second-order valence-electron chi connectivity index (χ2n) is 15.5. The van der Waals surface area contributed by atoms with E-state index < -0.39 is 0 Å². The molecule has 6 heteroatoms. The SMILES string of the molecule is CC1(c2ccc(-c3ccc(-c4nc(-c5ccc(C#N)cc5)nc(-n5c6ccncc6c6ccc(-c7ccccc7)cc65)n4)cc3)cc2)C[C@@H]2CC[C@@H](C2)C1. The molecule has 0 spiro atoms. The highest BCUT2D eigenvalue weighted by Crippen LogP contribution is 2.51. The first-order valence-corrected chi connectivity index (χ1v) is 18.9. The smallest absolute Gasteiger partial charge is 0.238 e. The number of aromatic nitrogens is 5. The fourth-order valence-electron chi connectivity index (χ4n) is 9.33. The fourth-order valence-corrected chi connectivity index (χ4v) is 9.33. The summed E-state index contributed by atoms with van der Waals surface area (Å²) in [5, 5.41) is 11.6. The van der Waals surface area contributed by atoms with Crippen LogP contribution in [0.15, 0.2) is 140 Å². The average Bonchev–Trinajstić information content (AvgIpc) is 3.76. The molecular weight excluding hydrogens is 661 g/mol. The van der Waals surface area contributed by atoms with Crippen LogP contribution < -0.4 is 0 Å². The van der Waals surface area contributed by atoms with Crippen LogP contribution >= 0.6 is 0 Å². The van der Waals surface area contributed by atoms with E-state index in [1.165, 1.54) is 43.2 Å². The summed E-state index contributed by atoms with van der Waals surface area (Å²) in [5.74, 6) is 3.41.